The lowest BCUT2D eigenvalue weighted by molar-refractivity contribution is 0.238. The standard InChI is InChI=1S/C48H36O2/c1-2-50-32-34-14-12-20-39(26-34)47-43-21-9-10-22-44(43)48(38-19-11-13-33(25-38)31-49)46-30-37(23-24-45(46)47)42-28-40(35-15-5-3-6-16-35)27-41(29-42)36-17-7-4-8-18-36/h2-30,49H,1,31-32H2. The molecule has 0 aliphatic carbocycles. The average molecular weight is 645 g/mol. The molecule has 8 rings (SSSR count). The smallest absolute Gasteiger partial charge is 0.112 e. The number of hydrogen-bond acceptors (Lipinski definition) is 2. The first-order chi connectivity index (χ1) is 24.7. The Morgan fingerprint density at radius 1 is 0.400 bits per heavy atom. The summed E-state index contributed by atoms with van der Waals surface area (Å²) in [5.41, 5.74) is 13.5. The van der Waals surface area contributed by atoms with E-state index in [0.717, 1.165) is 49.7 Å². The van der Waals surface area contributed by atoms with Gasteiger partial charge >= 0.3 is 0 Å². The molecule has 1 N–H and O–H groups in total. The van der Waals surface area contributed by atoms with E-state index in [-0.39, 0.29) is 6.61 Å². The molecule has 0 aromatic heterocycles. The van der Waals surface area contributed by atoms with Gasteiger partial charge in [0.1, 0.15) is 6.61 Å². The van der Waals surface area contributed by atoms with Crippen LogP contribution in [0, 0.1) is 0 Å². The summed E-state index contributed by atoms with van der Waals surface area (Å²) in [6, 6.07) is 60.6. The number of aliphatic hydroxyl groups excluding tert-OH is 1. The summed E-state index contributed by atoms with van der Waals surface area (Å²) in [7, 11) is 0. The van der Waals surface area contributed by atoms with Crippen LogP contribution in [0.1, 0.15) is 11.1 Å². The summed E-state index contributed by atoms with van der Waals surface area (Å²) in [6.07, 6.45) is 1.49. The first kappa shape index (κ1) is 31.1. The normalized spacial score (nSPS) is 11.1. The van der Waals surface area contributed by atoms with E-state index in [9.17, 15) is 5.11 Å². The van der Waals surface area contributed by atoms with Gasteiger partial charge in [0.2, 0.25) is 0 Å². The Hall–Kier alpha value is -6.22. The first-order valence-corrected chi connectivity index (χ1v) is 17.0. The number of ether oxygens (including phenoxy) is 1. The highest BCUT2D eigenvalue weighted by atomic mass is 16.5. The van der Waals surface area contributed by atoms with E-state index in [1.807, 2.05) is 12.1 Å². The number of aliphatic hydroxyl groups is 1. The highest BCUT2D eigenvalue weighted by Crippen LogP contribution is 2.45. The van der Waals surface area contributed by atoms with E-state index < -0.39 is 0 Å². The zero-order valence-corrected chi connectivity index (χ0v) is 27.7. The van der Waals surface area contributed by atoms with Crippen molar-refractivity contribution in [2.75, 3.05) is 0 Å². The van der Waals surface area contributed by atoms with E-state index >= 15 is 0 Å². The number of benzene rings is 8. The molecule has 0 unspecified atom stereocenters. The van der Waals surface area contributed by atoms with Crippen LogP contribution >= 0.6 is 0 Å². The Morgan fingerprint density at radius 2 is 0.880 bits per heavy atom. The minimum Gasteiger partial charge on any atom is -0.497 e. The molecule has 0 saturated heterocycles. The lowest BCUT2D eigenvalue weighted by Gasteiger charge is -2.20. The molecule has 0 spiro atoms. The van der Waals surface area contributed by atoms with Gasteiger partial charge in [0.25, 0.3) is 0 Å². The lowest BCUT2D eigenvalue weighted by Crippen LogP contribution is -1.94. The van der Waals surface area contributed by atoms with Crippen LogP contribution in [-0.4, -0.2) is 5.11 Å². The van der Waals surface area contributed by atoms with Gasteiger partial charge in [0, 0.05) is 0 Å². The third-order valence-corrected chi connectivity index (χ3v) is 9.49. The molecule has 0 bridgehead atoms. The van der Waals surface area contributed by atoms with E-state index in [0.29, 0.717) is 6.61 Å². The van der Waals surface area contributed by atoms with Crippen molar-refractivity contribution >= 4 is 21.5 Å². The van der Waals surface area contributed by atoms with Gasteiger partial charge < -0.3 is 9.84 Å². The number of rotatable bonds is 9. The Labute approximate surface area is 293 Å². The molecule has 0 fully saturated rings. The summed E-state index contributed by atoms with van der Waals surface area (Å²) >= 11 is 0. The summed E-state index contributed by atoms with van der Waals surface area (Å²) in [4.78, 5) is 0. The van der Waals surface area contributed by atoms with Gasteiger partial charge in [-0.05, 0) is 125 Å². The van der Waals surface area contributed by atoms with Gasteiger partial charge in [0.05, 0.1) is 12.9 Å². The Balaban J connectivity index is 1.43. The lowest BCUT2D eigenvalue weighted by atomic mass is 9.84. The largest absolute Gasteiger partial charge is 0.497 e. The zero-order chi connectivity index (χ0) is 33.9. The maximum atomic E-state index is 10.1. The van der Waals surface area contributed by atoms with E-state index in [1.165, 1.54) is 44.9 Å². The van der Waals surface area contributed by atoms with Gasteiger partial charge in [-0.25, -0.2) is 0 Å². The molecule has 0 aliphatic rings. The summed E-state index contributed by atoms with van der Waals surface area (Å²) in [5, 5.41) is 14.8. The summed E-state index contributed by atoms with van der Waals surface area (Å²) in [6.45, 7) is 4.18. The van der Waals surface area contributed by atoms with Crippen LogP contribution in [0.2, 0.25) is 0 Å². The molecule has 0 atom stereocenters. The second kappa shape index (κ2) is 13.7. The first-order valence-electron chi connectivity index (χ1n) is 17.0. The van der Waals surface area contributed by atoms with Gasteiger partial charge in [-0.2, -0.15) is 0 Å². The third kappa shape index (κ3) is 5.98. The Morgan fingerprint density at radius 3 is 1.46 bits per heavy atom. The average Bonchev–Trinajstić information content (AvgIpc) is 3.19. The van der Waals surface area contributed by atoms with Crippen molar-refractivity contribution < 1.29 is 9.84 Å². The van der Waals surface area contributed by atoms with Crippen molar-refractivity contribution in [3.05, 3.63) is 194 Å². The van der Waals surface area contributed by atoms with Crippen LogP contribution < -0.4 is 0 Å². The van der Waals surface area contributed by atoms with Crippen molar-refractivity contribution in [1.29, 1.82) is 0 Å². The van der Waals surface area contributed by atoms with Gasteiger partial charge in [0.15, 0.2) is 0 Å². The van der Waals surface area contributed by atoms with Crippen LogP contribution in [0.3, 0.4) is 0 Å². The maximum absolute atomic E-state index is 10.1. The molecule has 0 amide bonds. The summed E-state index contributed by atoms with van der Waals surface area (Å²) < 4.78 is 5.58. The van der Waals surface area contributed by atoms with Crippen molar-refractivity contribution in [2.24, 2.45) is 0 Å². The number of hydrogen-bond donors (Lipinski definition) is 1. The highest BCUT2D eigenvalue weighted by Gasteiger charge is 2.18. The third-order valence-electron chi connectivity index (χ3n) is 9.49. The molecule has 50 heavy (non-hydrogen) atoms. The zero-order valence-electron chi connectivity index (χ0n) is 27.7. The molecule has 0 saturated carbocycles. The van der Waals surface area contributed by atoms with Crippen LogP contribution in [0.15, 0.2) is 183 Å². The Kier molecular flexibility index (Phi) is 8.53. The maximum Gasteiger partial charge on any atom is 0.112 e. The van der Waals surface area contributed by atoms with E-state index in [1.54, 1.807) is 0 Å². The molecule has 240 valence electrons. The van der Waals surface area contributed by atoms with E-state index in [4.69, 9.17) is 4.74 Å². The molecule has 2 nitrogen and oxygen atoms in total. The topological polar surface area (TPSA) is 29.5 Å². The molecular weight excluding hydrogens is 609 g/mol. The SMILES string of the molecule is C=COCc1cccc(-c2c3ccccc3c(-c3cccc(CO)c3)c3cc(-c4cc(-c5ccccc5)cc(-c5ccccc5)c4)ccc23)c1. The molecule has 0 aliphatic heterocycles. The van der Waals surface area contributed by atoms with Crippen LogP contribution in [0.4, 0.5) is 0 Å². The summed E-state index contributed by atoms with van der Waals surface area (Å²) in [5.74, 6) is 0. The molecule has 8 aromatic rings. The molecular formula is C48H36O2. The second-order valence-electron chi connectivity index (χ2n) is 12.6. The minimum absolute atomic E-state index is 0.0127. The highest BCUT2D eigenvalue weighted by molar-refractivity contribution is 6.22. The fraction of sp³-hybridized carbons (Fsp3) is 0.0417. The van der Waals surface area contributed by atoms with Crippen LogP contribution in [-0.2, 0) is 18.0 Å². The van der Waals surface area contributed by atoms with Crippen molar-refractivity contribution in [1.82, 2.24) is 0 Å². The van der Waals surface area contributed by atoms with Crippen LogP contribution in [0.25, 0.3) is 77.2 Å². The Bertz CT molecular complexity index is 2420. The molecule has 8 aromatic carbocycles. The van der Waals surface area contributed by atoms with Gasteiger partial charge in [-0.3, -0.25) is 0 Å². The minimum atomic E-state index is -0.0127. The number of fused-ring (bicyclic) bond motifs is 2. The quantitative estimate of drug-likeness (QED) is 0.125. The van der Waals surface area contributed by atoms with Gasteiger partial charge in [-0.1, -0.05) is 140 Å². The van der Waals surface area contributed by atoms with E-state index in [2.05, 4.69) is 164 Å². The predicted octanol–water partition coefficient (Wildman–Crippen LogP) is 12.5. The predicted molar refractivity (Wildman–Crippen MR) is 210 cm³/mol. The van der Waals surface area contributed by atoms with Crippen molar-refractivity contribution in [2.45, 2.75) is 13.2 Å². The molecule has 0 heterocycles. The van der Waals surface area contributed by atoms with Crippen molar-refractivity contribution in [3.63, 3.8) is 0 Å². The van der Waals surface area contributed by atoms with Gasteiger partial charge in [-0.15, -0.1) is 0 Å². The van der Waals surface area contributed by atoms with Crippen molar-refractivity contribution in [3.8, 4) is 55.6 Å². The molecule has 2 heteroatoms. The molecule has 0 radical (unpaired) electrons. The second-order valence-corrected chi connectivity index (χ2v) is 12.6. The monoisotopic (exact) mass is 644 g/mol. The fourth-order valence-electron chi connectivity index (χ4n) is 7.17. The van der Waals surface area contributed by atoms with Crippen LogP contribution in [0.5, 0.6) is 0 Å². The fourth-order valence-corrected chi connectivity index (χ4v) is 7.17.